The minimum atomic E-state index is -0.807. The van der Waals surface area contributed by atoms with E-state index in [1.165, 1.54) is 11.3 Å². The summed E-state index contributed by atoms with van der Waals surface area (Å²) < 4.78 is 11.2. The third kappa shape index (κ3) is 4.99. The summed E-state index contributed by atoms with van der Waals surface area (Å²) in [5.41, 5.74) is 0.932. The number of ether oxygens (including phenoxy) is 2. The molecular weight excluding hydrogens is 324 g/mol. The van der Waals surface area contributed by atoms with Crippen LogP contribution in [0.4, 0.5) is 0 Å². The molecule has 0 spiro atoms. The van der Waals surface area contributed by atoms with Crippen molar-refractivity contribution in [1.82, 2.24) is 0 Å². The molecule has 0 fully saturated rings. The standard InChI is InChI=1S/C19H24O4S/c1-3-4-5-10-23-17-13-14(8-9-16(17)22-2)12-15(19(20)21)18-7-6-11-24-18/h6-9,11,13,15H,3-5,10,12H2,1-2H3,(H,20,21). The summed E-state index contributed by atoms with van der Waals surface area (Å²) in [4.78, 5) is 12.5. The Bertz CT molecular complexity index is 637. The van der Waals surface area contributed by atoms with Gasteiger partial charge in [-0.3, -0.25) is 4.79 Å². The molecule has 24 heavy (non-hydrogen) atoms. The van der Waals surface area contributed by atoms with Gasteiger partial charge in [-0.2, -0.15) is 0 Å². The van der Waals surface area contributed by atoms with E-state index >= 15 is 0 Å². The number of methoxy groups -OCH3 is 1. The molecule has 1 N–H and O–H groups in total. The van der Waals surface area contributed by atoms with Gasteiger partial charge in [-0.25, -0.2) is 0 Å². The van der Waals surface area contributed by atoms with Crippen molar-refractivity contribution in [2.24, 2.45) is 0 Å². The summed E-state index contributed by atoms with van der Waals surface area (Å²) in [7, 11) is 1.61. The summed E-state index contributed by atoms with van der Waals surface area (Å²) in [6.45, 7) is 2.79. The van der Waals surface area contributed by atoms with E-state index in [-0.39, 0.29) is 0 Å². The van der Waals surface area contributed by atoms with Gasteiger partial charge in [0.05, 0.1) is 19.6 Å². The van der Waals surface area contributed by atoms with Crippen molar-refractivity contribution in [2.45, 2.75) is 38.5 Å². The lowest BCUT2D eigenvalue weighted by Gasteiger charge is -2.14. The van der Waals surface area contributed by atoms with Crippen LogP contribution in [0, 0.1) is 0 Å². The predicted octanol–water partition coefficient (Wildman–Crippen LogP) is 4.74. The number of hydrogen-bond acceptors (Lipinski definition) is 4. The summed E-state index contributed by atoms with van der Waals surface area (Å²) in [5, 5.41) is 11.4. The fourth-order valence-corrected chi connectivity index (χ4v) is 3.35. The number of carboxylic acid groups (broad SMARTS) is 1. The van der Waals surface area contributed by atoms with E-state index in [4.69, 9.17) is 9.47 Å². The lowest BCUT2D eigenvalue weighted by Crippen LogP contribution is -2.13. The number of carbonyl (C=O) groups is 1. The smallest absolute Gasteiger partial charge is 0.312 e. The molecule has 0 saturated heterocycles. The van der Waals surface area contributed by atoms with Crippen molar-refractivity contribution in [2.75, 3.05) is 13.7 Å². The molecule has 4 nitrogen and oxygen atoms in total. The first-order chi connectivity index (χ1) is 11.7. The Labute approximate surface area is 147 Å². The fraction of sp³-hybridized carbons (Fsp3) is 0.421. The highest BCUT2D eigenvalue weighted by Gasteiger charge is 2.22. The molecule has 1 atom stereocenters. The third-order valence-electron chi connectivity index (χ3n) is 3.86. The van der Waals surface area contributed by atoms with Crippen LogP contribution in [0.5, 0.6) is 11.5 Å². The fourth-order valence-electron chi connectivity index (χ4n) is 2.53. The van der Waals surface area contributed by atoms with Gasteiger partial charge in [0.2, 0.25) is 0 Å². The first kappa shape index (κ1) is 18.3. The Morgan fingerprint density at radius 2 is 2.08 bits per heavy atom. The summed E-state index contributed by atoms with van der Waals surface area (Å²) in [6, 6.07) is 9.40. The lowest BCUT2D eigenvalue weighted by atomic mass is 9.97. The highest BCUT2D eigenvalue weighted by molar-refractivity contribution is 7.10. The van der Waals surface area contributed by atoms with Crippen molar-refractivity contribution >= 4 is 17.3 Å². The molecule has 1 aromatic heterocycles. The Balaban J connectivity index is 2.13. The van der Waals surface area contributed by atoms with Crippen LogP contribution in [0.1, 0.15) is 42.5 Å². The normalized spacial score (nSPS) is 11.9. The first-order valence-electron chi connectivity index (χ1n) is 8.21. The molecule has 0 aliphatic heterocycles. The largest absolute Gasteiger partial charge is 0.493 e. The molecule has 0 aliphatic carbocycles. The highest BCUT2D eigenvalue weighted by atomic mass is 32.1. The second-order valence-electron chi connectivity index (χ2n) is 5.65. The van der Waals surface area contributed by atoms with E-state index in [0.717, 1.165) is 29.7 Å². The summed E-state index contributed by atoms with van der Waals surface area (Å²) in [6.07, 6.45) is 3.70. The van der Waals surface area contributed by atoms with Crippen molar-refractivity contribution in [3.63, 3.8) is 0 Å². The SMILES string of the molecule is CCCCCOc1cc(CC(C(=O)O)c2cccs2)ccc1OC. The van der Waals surface area contributed by atoms with Crippen molar-refractivity contribution in [3.05, 3.63) is 46.2 Å². The average molecular weight is 348 g/mol. The topological polar surface area (TPSA) is 55.8 Å². The van der Waals surface area contributed by atoms with Gasteiger partial charge in [0.15, 0.2) is 11.5 Å². The van der Waals surface area contributed by atoms with E-state index in [9.17, 15) is 9.90 Å². The van der Waals surface area contributed by atoms with Crippen LogP contribution in [0.3, 0.4) is 0 Å². The molecule has 2 aromatic rings. The van der Waals surface area contributed by atoms with Gasteiger partial charge in [0.25, 0.3) is 0 Å². The quantitative estimate of drug-likeness (QED) is 0.630. The zero-order chi connectivity index (χ0) is 17.4. The Hall–Kier alpha value is -2.01. The van der Waals surface area contributed by atoms with Gasteiger partial charge in [-0.1, -0.05) is 31.9 Å². The van der Waals surface area contributed by atoms with E-state index in [1.54, 1.807) is 7.11 Å². The first-order valence-corrected chi connectivity index (χ1v) is 9.09. The van der Waals surface area contributed by atoms with Crippen LogP contribution in [-0.2, 0) is 11.2 Å². The molecule has 1 heterocycles. The molecule has 1 aromatic carbocycles. The monoisotopic (exact) mass is 348 g/mol. The van der Waals surface area contributed by atoms with Gasteiger partial charge < -0.3 is 14.6 Å². The van der Waals surface area contributed by atoms with E-state index < -0.39 is 11.9 Å². The zero-order valence-corrected chi connectivity index (χ0v) is 15.0. The summed E-state index contributed by atoms with van der Waals surface area (Å²) in [5.74, 6) is 0.0182. The van der Waals surface area contributed by atoms with Crippen LogP contribution in [0.2, 0.25) is 0 Å². The summed E-state index contributed by atoms with van der Waals surface area (Å²) >= 11 is 1.47. The lowest BCUT2D eigenvalue weighted by molar-refractivity contribution is -0.138. The maximum absolute atomic E-state index is 11.6. The number of benzene rings is 1. The van der Waals surface area contributed by atoms with Crippen molar-refractivity contribution in [3.8, 4) is 11.5 Å². The molecule has 1 unspecified atom stereocenters. The molecule has 0 radical (unpaired) electrons. The maximum Gasteiger partial charge on any atom is 0.312 e. The number of unbranched alkanes of at least 4 members (excludes halogenated alkanes) is 2. The number of thiophene rings is 1. The Morgan fingerprint density at radius 3 is 2.71 bits per heavy atom. The van der Waals surface area contributed by atoms with Crippen LogP contribution < -0.4 is 9.47 Å². The average Bonchev–Trinajstić information content (AvgIpc) is 3.10. The molecule has 5 heteroatoms. The van der Waals surface area contributed by atoms with Crippen molar-refractivity contribution in [1.29, 1.82) is 0 Å². The van der Waals surface area contributed by atoms with E-state index in [1.807, 2.05) is 35.7 Å². The number of rotatable bonds is 10. The molecule has 130 valence electrons. The van der Waals surface area contributed by atoms with Crippen molar-refractivity contribution < 1.29 is 19.4 Å². The number of carboxylic acids is 1. The van der Waals surface area contributed by atoms with E-state index in [0.29, 0.717) is 24.5 Å². The molecule has 0 amide bonds. The highest BCUT2D eigenvalue weighted by Crippen LogP contribution is 2.32. The van der Waals surface area contributed by atoms with Gasteiger partial charge in [0, 0.05) is 4.88 Å². The third-order valence-corrected chi connectivity index (χ3v) is 4.84. The predicted molar refractivity (Wildman–Crippen MR) is 96.4 cm³/mol. The minimum absolute atomic E-state index is 0.436. The maximum atomic E-state index is 11.6. The molecule has 0 saturated carbocycles. The van der Waals surface area contributed by atoms with Gasteiger partial charge >= 0.3 is 5.97 Å². The second kappa shape index (κ2) is 9.33. The van der Waals surface area contributed by atoms with Crippen LogP contribution >= 0.6 is 11.3 Å². The number of hydrogen-bond donors (Lipinski definition) is 1. The molecule has 0 bridgehead atoms. The molecular formula is C19H24O4S. The van der Waals surface area contributed by atoms with Crippen LogP contribution in [-0.4, -0.2) is 24.8 Å². The second-order valence-corrected chi connectivity index (χ2v) is 6.63. The zero-order valence-electron chi connectivity index (χ0n) is 14.2. The van der Waals surface area contributed by atoms with Crippen LogP contribution in [0.15, 0.2) is 35.7 Å². The van der Waals surface area contributed by atoms with Gasteiger partial charge in [0.1, 0.15) is 0 Å². The Morgan fingerprint density at radius 1 is 1.25 bits per heavy atom. The molecule has 2 rings (SSSR count). The number of aliphatic carboxylic acids is 1. The van der Waals surface area contributed by atoms with E-state index in [2.05, 4.69) is 6.92 Å². The molecule has 0 aliphatic rings. The van der Waals surface area contributed by atoms with Gasteiger partial charge in [-0.05, 0) is 42.0 Å². The minimum Gasteiger partial charge on any atom is -0.493 e. The Kier molecular flexibility index (Phi) is 7.12. The van der Waals surface area contributed by atoms with Crippen LogP contribution in [0.25, 0.3) is 0 Å². The van der Waals surface area contributed by atoms with Gasteiger partial charge in [-0.15, -0.1) is 11.3 Å².